The molecular weight excluding hydrogens is 231 g/mol. The smallest absolute Gasteiger partial charge is 0.373 e. The van der Waals surface area contributed by atoms with Gasteiger partial charge in [0.1, 0.15) is 0 Å². The van der Waals surface area contributed by atoms with E-state index in [9.17, 15) is 19.1 Å². The summed E-state index contributed by atoms with van der Waals surface area (Å²) in [5, 5.41) is -1.86. The molecule has 0 fully saturated rings. The number of fused-ring (bicyclic) bond motifs is 1. The molecule has 1 aliphatic rings. The molecule has 0 radical (unpaired) electrons. The van der Waals surface area contributed by atoms with Crippen molar-refractivity contribution in [2.45, 2.75) is 19.2 Å². The van der Waals surface area contributed by atoms with Crippen molar-refractivity contribution in [3.05, 3.63) is 34.9 Å². The van der Waals surface area contributed by atoms with E-state index in [1.54, 1.807) is 19.1 Å². The molecule has 2 rings (SSSR count). The number of carbonyl (C=O) groups excluding carboxylic acids is 1. The maximum absolute atomic E-state index is 11.6. The van der Waals surface area contributed by atoms with E-state index >= 15 is 0 Å². The summed E-state index contributed by atoms with van der Waals surface area (Å²) in [5.41, 5.74) is 1.17. The molecule has 1 heterocycles. The summed E-state index contributed by atoms with van der Waals surface area (Å²) < 4.78 is 16.3. The van der Waals surface area contributed by atoms with Crippen LogP contribution >= 0.6 is 7.60 Å². The van der Waals surface area contributed by atoms with Crippen molar-refractivity contribution in [2.24, 2.45) is 0 Å². The van der Waals surface area contributed by atoms with Gasteiger partial charge in [-0.2, -0.15) is 0 Å². The zero-order valence-electron chi connectivity index (χ0n) is 8.80. The van der Waals surface area contributed by atoms with Crippen molar-refractivity contribution in [3.8, 4) is 0 Å². The molecule has 0 aromatic heterocycles. The minimum atomic E-state index is -4.56. The minimum Gasteiger partial charge on any atom is -0.438 e. The van der Waals surface area contributed by atoms with E-state index in [0.717, 1.165) is 0 Å². The molecule has 0 saturated heterocycles. The summed E-state index contributed by atoms with van der Waals surface area (Å²) in [7, 11) is -4.56. The number of carbonyl (C=O) groups is 1. The number of aryl methyl sites for hydroxylation is 1. The second-order valence-corrected chi connectivity index (χ2v) is 5.86. The second kappa shape index (κ2) is 3.17. The molecule has 6 heteroatoms. The van der Waals surface area contributed by atoms with Gasteiger partial charge in [0.05, 0.1) is 5.56 Å². The predicted molar refractivity (Wildman–Crippen MR) is 56.0 cm³/mol. The number of rotatable bonds is 1. The molecule has 2 N–H and O–H groups in total. The molecule has 0 amide bonds. The molecule has 86 valence electrons. The van der Waals surface area contributed by atoms with Crippen LogP contribution in [0.3, 0.4) is 0 Å². The third-order valence-electron chi connectivity index (χ3n) is 2.82. The molecule has 16 heavy (non-hydrogen) atoms. The standard InChI is InChI=1S/C10H11O5P/c1-6-4-3-5-7-8(6)9(11)15-10(7,2)16(12,13)14/h3-5H,1-2H3,(H2,12,13,14). The summed E-state index contributed by atoms with van der Waals surface area (Å²) in [5.74, 6) is -0.682. The predicted octanol–water partition coefficient (Wildman–Crippen LogP) is 1.52. The number of benzene rings is 1. The third kappa shape index (κ3) is 1.33. The van der Waals surface area contributed by atoms with E-state index in [0.29, 0.717) is 5.56 Å². The molecule has 1 aliphatic heterocycles. The van der Waals surface area contributed by atoms with E-state index < -0.39 is 18.9 Å². The Morgan fingerprint density at radius 2 is 2.00 bits per heavy atom. The van der Waals surface area contributed by atoms with Crippen LogP contribution < -0.4 is 0 Å². The van der Waals surface area contributed by atoms with Gasteiger partial charge in [-0.25, -0.2) is 4.79 Å². The Balaban J connectivity index is 2.74. The highest BCUT2D eigenvalue weighted by Gasteiger charge is 2.54. The molecular formula is C10H11O5P. The summed E-state index contributed by atoms with van der Waals surface area (Å²) >= 11 is 0. The largest absolute Gasteiger partial charge is 0.438 e. The lowest BCUT2D eigenvalue weighted by molar-refractivity contribution is 0.0227. The topological polar surface area (TPSA) is 83.8 Å². The van der Waals surface area contributed by atoms with Crippen LogP contribution in [0, 0.1) is 6.92 Å². The highest BCUT2D eigenvalue weighted by molar-refractivity contribution is 7.53. The van der Waals surface area contributed by atoms with Gasteiger partial charge in [-0.15, -0.1) is 0 Å². The van der Waals surface area contributed by atoms with Crippen molar-refractivity contribution in [3.63, 3.8) is 0 Å². The van der Waals surface area contributed by atoms with Crippen LogP contribution in [0.25, 0.3) is 0 Å². The van der Waals surface area contributed by atoms with E-state index in [2.05, 4.69) is 0 Å². The fourth-order valence-corrected chi connectivity index (χ4v) is 2.53. The van der Waals surface area contributed by atoms with Gasteiger partial charge in [-0.05, 0) is 19.4 Å². The van der Waals surface area contributed by atoms with Crippen LogP contribution in [-0.4, -0.2) is 15.8 Å². The van der Waals surface area contributed by atoms with E-state index in [1.807, 2.05) is 0 Å². The molecule has 1 aromatic carbocycles. The third-order valence-corrected chi connectivity index (χ3v) is 4.27. The molecule has 0 bridgehead atoms. The van der Waals surface area contributed by atoms with Crippen LogP contribution in [0.5, 0.6) is 0 Å². The van der Waals surface area contributed by atoms with Crippen molar-refractivity contribution in [1.29, 1.82) is 0 Å². The summed E-state index contributed by atoms with van der Waals surface area (Å²) in [6.45, 7) is 2.93. The van der Waals surface area contributed by atoms with Gasteiger partial charge in [-0.1, -0.05) is 18.2 Å². The first-order valence-corrected chi connectivity index (χ1v) is 6.27. The van der Waals surface area contributed by atoms with Crippen molar-refractivity contribution in [1.82, 2.24) is 0 Å². The Morgan fingerprint density at radius 1 is 1.38 bits per heavy atom. The first-order chi connectivity index (χ1) is 7.27. The lowest BCUT2D eigenvalue weighted by Crippen LogP contribution is -2.21. The Bertz CT molecular complexity index is 518. The first kappa shape index (κ1) is 11.3. The maximum Gasteiger partial charge on any atom is 0.373 e. The average molecular weight is 242 g/mol. The van der Waals surface area contributed by atoms with E-state index in [1.165, 1.54) is 13.0 Å². The van der Waals surface area contributed by atoms with Crippen LogP contribution in [-0.2, 0) is 14.6 Å². The van der Waals surface area contributed by atoms with Gasteiger partial charge in [0, 0.05) is 5.56 Å². The molecule has 0 aliphatic carbocycles. The quantitative estimate of drug-likeness (QED) is 0.576. The fraction of sp³-hybridized carbons (Fsp3) is 0.300. The first-order valence-electron chi connectivity index (χ1n) is 4.66. The normalized spacial score (nSPS) is 24.1. The van der Waals surface area contributed by atoms with Crippen LogP contribution in [0.15, 0.2) is 18.2 Å². The van der Waals surface area contributed by atoms with Gasteiger partial charge < -0.3 is 14.5 Å². The van der Waals surface area contributed by atoms with E-state index in [-0.39, 0.29) is 11.1 Å². The molecule has 1 aromatic rings. The Morgan fingerprint density at radius 3 is 2.56 bits per heavy atom. The average Bonchev–Trinajstić information content (AvgIpc) is 2.40. The van der Waals surface area contributed by atoms with Crippen molar-refractivity contribution >= 4 is 13.6 Å². The summed E-state index contributed by atoms with van der Waals surface area (Å²) in [6, 6.07) is 4.85. The molecule has 5 nitrogen and oxygen atoms in total. The maximum atomic E-state index is 11.6. The van der Waals surface area contributed by atoms with Crippen molar-refractivity contribution in [2.75, 3.05) is 0 Å². The monoisotopic (exact) mass is 242 g/mol. The number of hydrogen-bond donors (Lipinski definition) is 2. The summed E-state index contributed by atoms with van der Waals surface area (Å²) in [6.07, 6.45) is 0. The number of ether oxygens (including phenoxy) is 1. The van der Waals surface area contributed by atoms with Gasteiger partial charge >= 0.3 is 13.6 Å². The zero-order valence-corrected chi connectivity index (χ0v) is 9.69. The molecule has 1 atom stereocenters. The second-order valence-electron chi connectivity index (χ2n) is 3.91. The number of esters is 1. The fourth-order valence-electron chi connectivity index (χ4n) is 1.83. The highest BCUT2D eigenvalue weighted by atomic mass is 31.2. The number of hydrogen-bond acceptors (Lipinski definition) is 3. The SMILES string of the molecule is Cc1cccc2c1C(=O)OC2(C)P(=O)(O)O. The molecule has 0 spiro atoms. The lowest BCUT2D eigenvalue weighted by Gasteiger charge is -2.24. The van der Waals surface area contributed by atoms with Crippen LogP contribution in [0.1, 0.15) is 28.4 Å². The van der Waals surface area contributed by atoms with Crippen LogP contribution in [0.4, 0.5) is 0 Å². The van der Waals surface area contributed by atoms with E-state index in [4.69, 9.17) is 4.74 Å². The summed E-state index contributed by atoms with van der Waals surface area (Å²) in [4.78, 5) is 30.1. The van der Waals surface area contributed by atoms with Gasteiger partial charge in [-0.3, -0.25) is 4.57 Å². The zero-order chi connectivity index (χ0) is 12.1. The van der Waals surface area contributed by atoms with Gasteiger partial charge in [0.15, 0.2) is 0 Å². The molecule has 0 saturated carbocycles. The lowest BCUT2D eigenvalue weighted by atomic mass is 10.0. The Hall–Kier alpha value is -1.16. The Labute approximate surface area is 92.2 Å². The highest BCUT2D eigenvalue weighted by Crippen LogP contribution is 2.61. The Kier molecular flexibility index (Phi) is 2.24. The molecule has 1 unspecified atom stereocenters. The van der Waals surface area contributed by atoms with Gasteiger partial charge in [0.2, 0.25) is 5.34 Å². The van der Waals surface area contributed by atoms with Gasteiger partial charge in [0.25, 0.3) is 0 Å². The van der Waals surface area contributed by atoms with Crippen molar-refractivity contribution < 1.29 is 23.9 Å². The minimum absolute atomic E-state index is 0.255. The van der Waals surface area contributed by atoms with Crippen LogP contribution in [0.2, 0.25) is 0 Å². The number of cyclic esters (lactones) is 1.